The molecule has 0 fully saturated rings. The van der Waals surface area contributed by atoms with Gasteiger partial charge in [-0.15, -0.1) is 0 Å². The molecule has 5 heteroatoms. The van der Waals surface area contributed by atoms with E-state index in [1.54, 1.807) is 18.2 Å². The maximum absolute atomic E-state index is 12.5. The number of hydrogen-bond acceptors (Lipinski definition) is 3. The van der Waals surface area contributed by atoms with Gasteiger partial charge in [0.15, 0.2) is 0 Å². The minimum Gasteiger partial charge on any atom is -0.310 e. The monoisotopic (exact) mass is 312 g/mol. The zero-order chi connectivity index (χ0) is 16.1. The second kappa shape index (κ2) is 7.38. The number of benzene rings is 1. The highest BCUT2D eigenvalue weighted by molar-refractivity contribution is 7.89. The van der Waals surface area contributed by atoms with Gasteiger partial charge in [-0.1, -0.05) is 32.4 Å². The highest BCUT2D eigenvalue weighted by atomic mass is 32.2. The summed E-state index contributed by atoms with van der Waals surface area (Å²) in [4.78, 5) is 0.328. The van der Waals surface area contributed by atoms with Crippen LogP contribution in [0.1, 0.15) is 59.1 Å². The lowest BCUT2D eigenvalue weighted by Crippen LogP contribution is -2.43. The number of rotatable bonds is 8. The Balaban J connectivity index is 3.01. The van der Waals surface area contributed by atoms with E-state index >= 15 is 0 Å². The lowest BCUT2D eigenvalue weighted by Gasteiger charge is -2.25. The highest BCUT2D eigenvalue weighted by Gasteiger charge is 2.25. The second-order valence-electron chi connectivity index (χ2n) is 6.09. The van der Waals surface area contributed by atoms with Crippen LogP contribution in [0.25, 0.3) is 0 Å². The summed E-state index contributed by atoms with van der Waals surface area (Å²) < 4.78 is 27.8. The third-order valence-electron chi connectivity index (χ3n) is 3.46. The van der Waals surface area contributed by atoms with Crippen LogP contribution in [0, 0.1) is 0 Å². The fourth-order valence-electron chi connectivity index (χ4n) is 2.47. The van der Waals surface area contributed by atoms with Crippen LogP contribution in [0.3, 0.4) is 0 Å². The molecule has 2 N–H and O–H groups in total. The van der Waals surface area contributed by atoms with E-state index in [1.807, 2.05) is 33.8 Å². The largest absolute Gasteiger partial charge is 0.310 e. The van der Waals surface area contributed by atoms with Gasteiger partial charge in [-0.2, -0.15) is 0 Å². The molecule has 0 aliphatic carbocycles. The molecule has 0 saturated heterocycles. The van der Waals surface area contributed by atoms with Crippen molar-refractivity contribution in [2.45, 2.75) is 63.9 Å². The maximum Gasteiger partial charge on any atom is 0.241 e. The molecule has 1 aromatic rings. The molecule has 4 nitrogen and oxygen atoms in total. The Labute approximate surface area is 129 Å². The minimum atomic E-state index is -3.49. The van der Waals surface area contributed by atoms with Crippen molar-refractivity contribution < 1.29 is 8.42 Å². The van der Waals surface area contributed by atoms with E-state index in [0.29, 0.717) is 4.90 Å². The van der Waals surface area contributed by atoms with Crippen LogP contribution in [-0.4, -0.2) is 20.5 Å². The quantitative estimate of drug-likeness (QED) is 0.775. The normalized spacial score (nSPS) is 14.1. The molecule has 0 amide bonds. The van der Waals surface area contributed by atoms with Gasteiger partial charge in [-0.3, -0.25) is 0 Å². The van der Waals surface area contributed by atoms with Crippen molar-refractivity contribution in [2.75, 3.05) is 6.54 Å². The van der Waals surface area contributed by atoms with E-state index in [-0.39, 0.29) is 6.04 Å². The topological polar surface area (TPSA) is 58.2 Å². The Morgan fingerprint density at radius 1 is 1.24 bits per heavy atom. The average Bonchev–Trinajstić information content (AvgIpc) is 2.37. The molecule has 1 aromatic carbocycles. The lowest BCUT2D eigenvalue weighted by atomic mass is 10.0. The first-order chi connectivity index (χ1) is 9.72. The zero-order valence-electron chi connectivity index (χ0n) is 13.7. The molecule has 21 heavy (non-hydrogen) atoms. The average molecular weight is 312 g/mol. The first-order valence-corrected chi connectivity index (χ1v) is 9.07. The van der Waals surface area contributed by atoms with Crippen LogP contribution in [0.15, 0.2) is 29.2 Å². The van der Waals surface area contributed by atoms with Gasteiger partial charge >= 0.3 is 0 Å². The van der Waals surface area contributed by atoms with Crippen molar-refractivity contribution in [2.24, 2.45) is 0 Å². The molecule has 0 spiro atoms. The molecule has 0 bridgehead atoms. The molecule has 1 atom stereocenters. The first-order valence-electron chi connectivity index (χ1n) is 7.59. The SMILES string of the molecule is CCCC(C)(C)NS(=O)(=O)c1cccc(C(C)NCC)c1. The molecule has 0 aliphatic heterocycles. The summed E-state index contributed by atoms with van der Waals surface area (Å²) in [6, 6.07) is 7.27. The van der Waals surface area contributed by atoms with Crippen molar-refractivity contribution in [1.82, 2.24) is 10.0 Å². The van der Waals surface area contributed by atoms with E-state index in [2.05, 4.69) is 17.0 Å². The molecule has 0 aliphatic rings. The van der Waals surface area contributed by atoms with Crippen molar-refractivity contribution in [3.63, 3.8) is 0 Å². The predicted octanol–water partition coefficient (Wildman–Crippen LogP) is 3.21. The summed E-state index contributed by atoms with van der Waals surface area (Å²) in [5.41, 5.74) is 0.546. The Bertz CT molecular complexity index is 553. The standard InChI is InChI=1S/C16H28N2O2S/c1-6-11-16(4,5)18-21(19,20)15-10-8-9-14(12-15)13(3)17-7-2/h8-10,12-13,17-18H,6-7,11H2,1-5H3. The molecule has 1 rings (SSSR count). The third kappa shape index (κ3) is 5.41. The van der Waals surface area contributed by atoms with Gasteiger partial charge in [0.1, 0.15) is 0 Å². The van der Waals surface area contributed by atoms with E-state index in [1.165, 1.54) is 0 Å². The van der Waals surface area contributed by atoms with Crippen molar-refractivity contribution in [3.8, 4) is 0 Å². The summed E-state index contributed by atoms with van der Waals surface area (Å²) in [5.74, 6) is 0. The number of hydrogen-bond donors (Lipinski definition) is 2. The van der Waals surface area contributed by atoms with Crippen molar-refractivity contribution in [1.29, 1.82) is 0 Å². The van der Waals surface area contributed by atoms with Crippen LogP contribution >= 0.6 is 0 Å². The van der Waals surface area contributed by atoms with E-state index in [9.17, 15) is 8.42 Å². The molecule has 0 saturated carbocycles. The third-order valence-corrected chi connectivity index (χ3v) is 5.16. The Kier molecular flexibility index (Phi) is 6.38. The summed E-state index contributed by atoms with van der Waals surface area (Å²) in [7, 11) is -3.49. The van der Waals surface area contributed by atoms with E-state index < -0.39 is 15.6 Å². The van der Waals surface area contributed by atoms with Gasteiger partial charge in [0.05, 0.1) is 4.90 Å². The van der Waals surface area contributed by atoms with Crippen molar-refractivity contribution in [3.05, 3.63) is 29.8 Å². The zero-order valence-corrected chi connectivity index (χ0v) is 14.5. The summed E-state index contributed by atoms with van der Waals surface area (Å²) >= 11 is 0. The summed E-state index contributed by atoms with van der Waals surface area (Å²) in [6.07, 6.45) is 1.74. The highest BCUT2D eigenvalue weighted by Crippen LogP contribution is 2.20. The Morgan fingerprint density at radius 3 is 2.48 bits per heavy atom. The predicted molar refractivity (Wildman–Crippen MR) is 87.8 cm³/mol. The molecular formula is C16H28N2O2S. The summed E-state index contributed by atoms with van der Waals surface area (Å²) in [5, 5.41) is 3.29. The summed E-state index contributed by atoms with van der Waals surface area (Å²) in [6.45, 7) is 10.8. The maximum atomic E-state index is 12.5. The van der Waals surface area contributed by atoms with Gasteiger partial charge in [-0.05, 0) is 51.4 Å². The first kappa shape index (κ1) is 18.1. The van der Waals surface area contributed by atoms with Gasteiger partial charge in [-0.25, -0.2) is 13.1 Å². The van der Waals surface area contributed by atoms with Crippen molar-refractivity contribution >= 4 is 10.0 Å². The molecule has 0 aromatic heterocycles. The smallest absolute Gasteiger partial charge is 0.241 e. The molecular weight excluding hydrogens is 284 g/mol. The molecule has 1 unspecified atom stereocenters. The van der Waals surface area contributed by atoms with E-state index in [0.717, 1.165) is 24.9 Å². The van der Waals surface area contributed by atoms with Crippen LogP contribution in [0.4, 0.5) is 0 Å². The molecule has 120 valence electrons. The minimum absolute atomic E-state index is 0.133. The van der Waals surface area contributed by atoms with Crippen LogP contribution in [0.2, 0.25) is 0 Å². The fraction of sp³-hybridized carbons (Fsp3) is 0.625. The van der Waals surface area contributed by atoms with Crippen LogP contribution < -0.4 is 10.0 Å². The lowest BCUT2D eigenvalue weighted by molar-refractivity contribution is 0.417. The number of nitrogens with one attached hydrogen (secondary N) is 2. The van der Waals surface area contributed by atoms with E-state index in [4.69, 9.17) is 0 Å². The fourth-order valence-corrected chi connectivity index (χ4v) is 3.97. The van der Waals surface area contributed by atoms with Gasteiger partial charge in [0.25, 0.3) is 0 Å². The van der Waals surface area contributed by atoms with Gasteiger partial charge in [0.2, 0.25) is 10.0 Å². The molecule has 0 radical (unpaired) electrons. The second-order valence-corrected chi connectivity index (χ2v) is 7.77. The van der Waals surface area contributed by atoms with Crippen LogP contribution in [0.5, 0.6) is 0 Å². The number of sulfonamides is 1. The Morgan fingerprint density at radius 2 is 1.90 bits per heavy atom. The van der Waals surface area contributed by atoms with Crippen LogP contribution in [-0.2, 0) is 10.0 Å². The Hall–Kier alpha value is -0.910. The van der Waals surface area contributed by atoms with Gasteiger partial charge in [0, 0.05) is 11.6 Å². The van der Waals surface area contributed by atoms with Gasteiger partial charge < -0.3 is 5.32 Å². The molecule has 0 heterocycles.